The van der Waals surface area contributed by atoms with Gasteiger partial charge in [0.2, 0.25) is 0 Å². The Morgan fingerprint density at radius 1 is 1.36 bits per heavy atom. The lowest BCUT2D eigenvalue weighted by molar-refractivity contribution is 0.534. The van der Waals surface area contributed by atoms with Crippen LogP contribution in [0, 0.1) is 5.92 Å². The topological polar surface area (TPSA) is 0 Å². The van der Waals surface area contributed by atoms with Gasteiger partial charge in [0.1, 0.15) is 0 Å². The van der Waals surface area contributed by atoms with Crippen molar-refractivity contribution in [3.05, 3.63) is 34.9 Å². The van der Waals surface area contributed by atoms with Gasteiger partial charge in [-0.3, -0.25) is 0 Å². The Kier molecular flexibility index (Phi) is 5.57. The van der Waals surface area contributed by atoms with Crippen molar-refractivity contribution in [3.8, 4) is 0 Å². The van der Waals surface area contributed by atoms with E-state index >= 15 is 0 Å². The maximum absolute atomic E-state index is 6.11. The highest BCUT2D eigenvalue weighted by Gasteiger charge is 2.08. The summed E-state index contributed by atoms with van der Waals surface area (Å²) in [5, 5.41) is 1.96. The lowest BCUT2D eigenvalue weighted by atomic mass is 9.97. The zero-order valence-corrected chi connectivity index (χ0v) is 10.8. The Balaban J connectivity index is 2.62. The molecule has 0 saturated heterocycles. The van der Waals surface area contributed by atoms with Gasteiger partial charge in [-0.1, -0.05) is 59.1 Å². The molecule has 0 N–H and O–H groups in total. The van der Waals surface area contributed by atoms with Crippen molar-refractivity contribution in [2.75, 3.05) is 5.33 Å². The zero-order chi connectivity index (χ0) is 10.4. The zero-order valence-electron chi connectivity index (χ0n) is 8.47. The highest BCUT2D eigenvalue weighted by molar-refractivity contribution is 9.09. The molecule has 1 aromatic rings. The van der Waals surface area contributed by atoms with Crippen LogP contribution < -0.4 is 0 Å². The number of alkyl halides is 1. The van der Waals surface area contributed by atoms with Gasteiger partial charge in [0, 0.05) is 10.4 Å². The fourth-order valence-electron chi connectivity index (χ4n) is 1.62. The van der Waals surface area contributed by atoms with Crippen LogP contribution in [-0.2, 0) is 6.42 Å². The molecule has 0 radical (unpaired) electrons. The molecule has 1 rings (SSSR count). The molecular formula is C12H16BrCl. The minimum absolute atomic E-state index is 0.708. The molecule has 2 heteroatoms. The molecule has 0 fully saturated rings. The van der Waals surface area contributed by atoms with Crippen LogP contribution in [-0.4, -0.2) is 5.33 Å². The van der Waals surface area contributed by atoms with E-state index in [0.717, 1.165) is 16.8 Å². The van der Waals surface area contributed by atoms with Gasteiger partial charge in [-0.2, -0.15) is 0 Å². The molecule has 0 aliphatic heterocycles. The van der Waals surface area contributed by atoms with E-state index in [1.807, 2.05) is 12.1 Å². The van der Waals surface area contributed by atoms with E-state index in [2.05, 4.69) is 35.0 Å². The molecular weight excluding hydrogens is 259 g/mol. The van der Waals surface area contributed by atoms with Gasteiger partial charge >= 0.3 is 0 Å². The predicted molar refractivity (Wildman–Crippen MR) is 67.3 cm³/mol. The van der Waals surface area contributed by atoms with Crippen molar-refractivity contribution in [1.29, 1.82) is 0 Å². The van der Waals surface area contributed by atoms with Gasteiger partial charge in [0.25, 0.3) is 0 Å². The first-order valence-electron chi connectivity index (χ1n) is 5.07. The van der Waals surface area contributed by atoms with Gasteiger partial charge in [0.15, 0.2) is 0 Å². The van der Waals surface area contributed by atoms with Crippen LogP contribution in [0.1, 0.15) is 25.3 Å². The second-order valence-electron chi connectivity index (χ2n) is 3.60. The van der Waals surface area contributed by atoms with E-state index in [-0.39, 0.29) is 0 Å². The minimum atomic E-state index is 0.708. The van der Waals surface area contributed by atoms with E-state index in [1.54, 1.807) is 0 Å². The first-order valence-corrected chi connectivity index (χ1v) is 6.57. The fraction of sp³-hybridized carbons (Fsp3) is 0.500. The van der Waals surface area contributed by atoms with Crippen LogP contribution >= 0.6 is 27.5 Å². The largest absolute Gasteiger partial charge is 0.0925 e. The molecule has 0 amide bonds. The summed E-state index contributed by atoms with van der Waals surface area (Å²) in [6.45, 7) is 2.22. The summed E-state index contributed by atoms with van der Waals surface area (Å²) in [4.78, 5) is 0. The lowest BCUT2D eigenvalue weighted by Crippen LogP contribution is -2.06. The third kappa shape index (κ3) is 3.62. The molecule has 0 heterocycles. The second-order valence-corrected chi connectivity index (χ2v) is 4.66. The third-order valence-corrected chi connectivity index (χ3v) is 3.67. The summed E-state index contributed by atoms with van der Waals surface area (Å²) in [6, 6.07) is 8.12. The average Bonchev–Trinajstić information content (AvgIpc) is 2.20. The van der Waals surface area contributed by atoms with Crippen LogP contribution in [0.15, 0.2) is 24.3 Å². The molecule has 0 aliphatic carbocycles. The van der Waals surface area contributed by atoms with Crippen LogP contribution in [0.25, 0.3) is 0 Å². The maximum atomic E-state index is 6.11. The minimum Gasteiger partial charge on any atom is -0.0925 e. The van der Waals surface area contributed by atoms with E-state index in [1.165, 1.54) is 18.4 Å². The summed E-state index contributed by atoms with van der Waals surface area (Å²) in [5.41, 5.74) is 1.27. The molecule has 0 saturated carbocycles. The first kappa shape index (κ1) is 12.1. The van der Waals surface area contributed by atoms with Crippen LogP contribution in [0.3, 0.4) is 0 Å². The Morgan fingerprint density at radius 3 is 2.64 bits per heavy atom. The standard InChI is InChI=1S/C12H16BrCl/c1-2-5-10(9-13)8-11-6-3-4-7-12(11)14/h3-4,6-7,10H,2,5,8-9H2,1H3. The van der Waals surface area contributed by atoms with Crippen LogP contribution in [0.4, 0.5) is 0 Å². The average molecular weight is 276 g/mol. The Morgan fingerprint density at radius 2 is 2.07 bits per heavy atom. The molecule has 1 unspecified atom stereocenters. The molecule has 14 heavy (non-hydrogen) atoms. The summed E-state index contributed by atoms with van der Waals surface area (Å²) >= 11 is 9.67. The quantitative estimate of drug-likeness (QED) is 0.684. The smallest absolute Gasteiger partial charge is 0.0438 e. The first-order chi connectivity index (χ1) is 6.77. The number of halogens is 2. The number of hydrogen-bond acceptors (Lipinski definition) is 0. The van der Waals surface area contributed by atoms with Crippen LogP contribution in [0.2, 0.25) is 5.02 Å². The monoisotopic (exact) mass is 274 g/mol. The summed E-state index contributed by atoms with van der Waals surface area (Å²) in [6.07, 6.45) is 3.58. The summed E-state index contributed by atoms with van der Waals surface area (Å²) in [7, 11) is 0. The second kappa shape index (κ2) is 6.47. The number of hydrogen-bond donors (Lipinski definition) is 0. The van der Waals surface area contributed by atoms with Crippen molar-refractivity contribution in [2.45, 2.75) is 26.2 Å². The Hall–Kier alpha value is -0.0100. The molecule has 0 nitrogen and oxygen atoms in total. The maximum Gasteiger partial charge on any atom is 0.0438 e. The molecule has 0 bridgehead atoms. The van der Waals surface area contributed by atoms with Crippen LogP contribution in [0.5, 0.6) is 0 Å². The van der Waals surface area contributed by atoms with Gasteiger partial charge in [-0.05, 0) is 30.4 Å². The molecule has 1 atom stereocenters. The predicted octanol–water partition coefficient (Wildman–Crippen LogP) is 4.69. The molecule has 0 spiro atoms. The van der Waals surface area contributed by atoms with Crippen molar-refractivity contribution in [3.63, 3.8) is 0 Å². The van der Waals surface area contributed by atoms with Crippen molar-refractivity contribution < 1.29 is 0 Å². The lowest BCUT2D eigenvalue weighted by Gasteiger charge is -2.13. The van der Waals surface area contributed by atoms with Crippen molar-refractivity contribution in [1.82, 2.24) is 0 Å². The third-order valence-electron chi connectivity index (χ3n) is 2.38. The van der Waals surface area contributed by atoms with Gasteiger partial charge in [-0.15, -0.1) is 0 Å². The molecule has 0 aromatic heterocycles. The molecule has 1 aromatic carbocycles. The molecule has 78 valence electrons. The highest BCUT2D eigenvalue weighted by Crippen LogP contribution is 2.22. The van der Waals surface area contributed by atoms with E-state index in [9.17, 15) is 0 Å². The SMILES string of the molecule is CCCC(CBr)Cc1ccccc1Cl. The van der Waals surface area contributed by atoms with Crippen molar-refractivity contribution in [2.24, 2.45) is 5.92 Å². The fourth-order valence-corrected chi connectivity index (χ4v) is 2.38. The summed E-state index contributed by atoms with van der Waals surface area (Å²) in [5.74, 6) is 0.708. The summed E-state index contributed by atoms with van der Waals surface area (Å²) < 4.78 is 0. The van der Waals surface area contributed by atoms with E-state index in [4.69, 9.17) is 11.6 Å². The van der Waals surface area contributed by atoms with E-state index in [0.29, 0.717) is 5.92 Å². The number of benzene rings is 1. The van der Waals surface area contributed by atoms with Gasteiger partial charge in [-0.25, -0.2) is 0 Å². The van der Waals surface area contributed by atoms with E-state index < -0.39 is 0 Å². The molecule has 0 aliphatic rings. The Bertz CT molecular complexity index is 273. The van der Waals surface area contributed by atoms with Crippen molar-refractivity contribution >= 4 is 27.5 Å². The Labute approximate surface area is 99.8 Å². The van der Waals surface area contributed by atoms with Gasteiger partial charge < -0.3 is 0 Å². The normalized spacial score (nSPS) is 12.8. The number of rotatable bonds is 5. The highest BCUT2D eigenvalue weighted by atomic mass is 79.9. The van der Waals surface area contributed by atoms with Gasteiger partial charge in [0.05, 0.1) is 0 Å².